The molecule has 0 aliphatic rings. The molecule has 0 fully saturated rings. The minimum atomic E-state index is 0. The molecule has 0 aromatic heterocycles. The van der Waals surface area contributed by atoms with Gasteiger partial charge in [0.2, 0.25) is 0 Å². The van der Waals surface area contributed by atoms with Crippen molar-refractivity contribution >= 4 is 0 Å². The van der Waals surface area contributed by atoms with E-state index < -0.39 is 0 Å². The minimum Gasteiger partial charge on any atom is -1.00 e. The zero-order chi connectivity index (χ0) is 12.5. The van der Waals surface area contributed by atoms with Gasteiger partial charge in [-0.25, -0.2) is 0 Å². The third kappa shape index (κ3) is 36.0. The second-order valence-electron chi connectivity index (χ2n) is 3.98. The van der Waals surface area contributed by atoms with E-state index in [1.807, 2.05) is 0 Å². The lowest BCUT2D eigenvalue weighted by molar-refractivity contribution is -0.001000. The normalized spacial score (nSPS) is 8.67. The van der Waals surface area contributed by atoms with Crippen molar-refractivity contribution in [3.8, 4) is 0 Å². The summed E-state index contributed by atoms with van der Waals surface area (Å²) in [5.41, 5.74) is 21.1. The molecule has 0 radical (unpaired) electrons. The average Bonchev–Trinajstić information content (AvgIpc) is 2.31. The van der Waals surface area contributed by atoms with Crippen LogP contribution in [0.1, 0.15) is 51.4 Å². The van der Waals surface area contributed by atoms with Crippen LogP contribution in [0.5, 0.6) is 0 Å². The van der Waals surface area contributed by atoms with Gasteiger partial charge in [0, 0.05) is 0 Å². The van der Waals surface area contributed by atoms with Crippen molar-refractivity contribution in [1.29, 1.82) is 0 Å². The van der Waals surface area contributed by atoms with E-state index in [4.69, 9.17) is 22.9 Å². The van der Waals surface area contributed by atoms with Crippen molar-refractivity contribution in [3.05, 3.63) is 0 Å². The highest BCUT2D eigenvalue weighted by molar-refractivity contribution is 4.43. The Balaban J connectivity index is -0.0000000980. The van der Waals surface area contributed by atoms with Crippen LogP contribution in [0.3, 0.4) is 0 Å². The summed E-state index contributed by atoms with van der Waals surface area (Å²) >= 11 is 0. The van der Waals surface area contributed by atoms with Gasteiger partial charge < -0.3 is 47.7 Å². The molecule has 0 rings (SSSR count). The summed E-state index contributed by atoms with van der Waals surface area (Å²) in [6.07, 6.45) is 9.59. The van der Waals surface area contributed by atoms with E-state index in [0.717, 1.165) is 51.9 Å². The number of rotatable bonds is 10. The lowest BCUT2D eigenvalue weighted by Gasteiger charge is -1.94. The Kier molecular flexibility index (Phi) is 45.5. The first-order chi connectivity index (χ1) is 7.83. The second-order valence-corrected chi connectivity index (χ2v) is 3.98. The number of hydrogen-bond acceptors (Lipinski definition) is 4. The topological polar surface area (TPSA) is 104 Å². The first-order valence-electron chi connectivity index (χ1n) is 6.63. The van der Waals surface area contributed by atoms with Crippen LogP contribution in [0.25, 0.3) is 0 Å². The number of nitrogens with two attached hydrogens (primary N) is 4. The van der Waals surface area contributed by atoms with Crippen LogP contribution in [-0.4, -0.2) is 26.2 Å². The molecule has 0 saturated heterocycles. The van der Waals surface area contributed by atoms with Crippen molar-refractivity contribution in [3.63, 3.8) is 0 Å². The molecule has 0 heterocycles. The molecular weight excluding hydrogens is 271 g/mol. The Morgan fingerprint density at radius 3 is 0.611 bits per heavy atom. The monoisotopic (exact) mass is 302 g/mol. The van der Waals surface area contributed by atoms with Crippen LogP contribution in [0.4, 0.5) is 0 Å². The van der Waals surface area contributed by atoms with Gasteiger partial charge >= 0.3 is 0 Å². The van der Waals surface area contributed by atoms with Gasteiger partial charge in [0.15, 0.2) is 0 Å². The number of halogens is 2. The maximum absolute atomic E-state index is 5.28. The molecule has 0 bridgehead atoms. The minimum absolute atomic E-state index is 0. The lowest BCUT2D eigenvalue weighted by Crippen LogP contribution is -3.00. The zero-order valence-electron chi connectivity index (χ0n) is 11.6. The van der Waals surface area contributed by atoms with Crippen LogP contribution in [0, 0.1) is 0 Å². The third-order valence-electron chi connectivity index (χ3n) is 2.32. The van der Waals surface area contributed by atoms with Crippen molar-refractivity contribution in [2.45, 2.75) is 51.4 Å². The van der Waals surface area contributed by atoms with E-state index in [1.54, 1.807) is 0 Å². The van der Waals surface area contributed by atoms with Crippen LogP contribution in [-0.2, 0) is 0 Å². The SMILES string of the molecule is NCCCCCCN.NCCCCCCN.[Cl-].[Cl-]. The third-order valence-corrected chi connectivity index (χ3v) is 2.32. The molecular formula is C12H32Cl2N4-2. The number of hydrogen-bond donors (Lipinski definition) is 4. The first kappa shape index (κ1) is 26.9. The van der Waals surface area contributed by atoms with Crippen LogP contribution >= 0.6 is 0 Å². The molecule has 0 unspecified atom stereocenters. The number of unbranched alkanes of at least 4 members (excludes halogenated alkanes) is 6. The van der Waals surface area contributed by atoms with Gasteiger partial charge in [-0.3, -0.25) is 0 Å². The van der Waals surface area contributed by atoms with E-state index in [1.165, 1.54) is 25.7 Å². The summed E-state index contributed by atoms with van der Waals surface area (Å²) in [5, 5.41) is 0. The van der Waals surface area contributed by atoms with Crippen molar-refractivity contribution in [2.24, 2.45) is 22.9 Å². The fourth-order valence-electron chi connectivity index (χ4n) is 1.28. The second kappa shape index (κ2) is 30.4. The highest BCUT2D eigenvalue weighted by atomic mass is 35.5. The first-order valence-corrected chi connectivity index (χ1v) is 6.63. The quantitative estimate of drug-likeness (QED) is 0.303. The summed E-state index contributed by atoms with van der Waals surface area (Å²) in [7, 11) is 0. The molecule has 0 aliphatic carbocycles. The van der Waals surface area contributed by atoms with E-state index in [2.05, 4.69) is 0 Å². The predicted octanol–water partition coefficient (Wildman–Crippen LogP) is -5.06. The Morgan fingerprint density at radius 1 is 0.333 bits per heavy atom. The highest BCUT2D eigenvalue weighted by Crippen LogP contribution is 1.95. The molecule has 6 heteroatoms. The maximum Gasteiger partial charge on any atom is -0.00773 e. The van der Waals surface area contributed by atoms with E-state index >= 15 is 0 Å². The Labute approximate surface area is 125 Å². The van der Waals surface area contributed by atoms with E-state index in [9.17, 15) is 0 Å². The average molecular weight is 303 g/mol. The largest absolute Gasteiger partial charge is 1.00 e. The standard InChI is InChI=1S/2C6H16N2.2ClH/c2*7-5-3-1-2-4-6-8;;/h2*1-8H2;2*1H/p-2. The van der Waals surface area contributed by atoms with Crippen LogP contribution in [0.15, 0.2) is 0 Å². The smallest absolute Gasteiger partial charge is 0.00773 e. The van der Waals surface area contributed by atoms with Crippen molar-refractivity contribution < 1.29 is 24.8 Å². The fraction of sp³-hybridized carbons (Fsp3) is 1.00. The summed E-state index contributed by atoms with van der Waals surface area (Å²) in [6, 6.07) is 0. The summed E-state index contributed by atoms with van der Waals surface area (Å²) in [4.78, 5) is 0. The van der Waals surface area contributed by atoms with Crippen molar-refractivity contribution in [1.82, 2.24) is 0 Å². The molecule has 0 amide bonds. The van der Waals surface area contributed by atoms with Gasteiger partial charge in [0.25, 0.3) is 0 Å². The van der Waals surface area contributed by atoms with E-state index in [0.29, 0.717) is 0 Å². The van der Waals surface area contributed by atoms with E-state index in [-0.39, 0.29) is 24.8 Å². The van der Waals surface area contributed by atoms with Crippen LogP contribution in [0.2, 0.25) is 0 Å². The Hall–Kier alpha value is 0.420. The van der Waals surface area contributed by atoms with Gasteiger partial charge in [-0.1, -0.05) is 25.7 Å². The summed E-state index contributed by atoms with van der Waals surface area (Å²) in [6.45, 7) is 3.30. The zero-order valence-corrected chi connectivity index (χ0v) is 13.1. The van der Waals surface area contributed by atoms with Gasteiger partial charge in [-0.05, 0) is 51.9 Å². The van der Waals surface area contributed by atoms with Gasteiger partial charge in [-0.2, -0.15) is 0 Å². The molecule has 0 saturated carbocycles. The molecule has 116 valence electrons. The molecule has 0 aliphatic heterocycles. The Morgan fingerprint density at radius 2 is 0.500 bits per heavy atom. The fourth-order valence-corrected chi connectivity index (χ4v) is 1.28. The molecule has 4 nitrogen and oxygen atoms in total. The molecule has 0 spiro atoms. The lowest BCUT2D eigenvalue weighted by atomic mass is 10.2. The van der Waals surface area contributed by atoms with Crippen LogP contribution < -0.4 is 47.7 Å². The van der Waals surface area contributed by atoms with Gasteiger partial charge in [-0.15, -0.1) is 0 Å². The highest BCUT2D eigenvalue weighted by Gasteiger charge is 1.84. The Bertz CT molecular complexity index is 84.1. The summed E-state index contributed by atoms with van der Waals surface area (Å²) in [5.74, 6) is 0. The van der Waals surface area contributed by atoms with Gasteiger partial charge in [0.05, 0.1) is 0 Å². The molecule has 0 atom stereocenters. The predicted molar refractivity (Wildman–Crippen MR) is 73.2 cm³/mol. The molecule has 18 heavy (non-hydrogen) atoms. The molecule has 0 aromatic carbocycles. The maximum atomic E-state index is 5.28. The molecule has 0 aromatic rings. The van der Waals surface area contributed by atoms with Gasteiger partial charge in [0.1, 0.15) is 0 Å². The summed E-state index contributed by atoms with van der Waals surface area (Å²) < 4.78 is 0. The van der Waals surface area contributed by atoms with Crippen molar-refractivity contribution in [2.75, 3.05) is 26.2 Å². The molecule has 8 N–H and O–H groups in total.